The van der Waals surface area contributed by atoms with Crippen LogP contribution in [0.25, 0.3) is 0 Å². The van der Waals surface area contributed by atoms with Crippen LogP contribution in [0.5, 0.6) is 23.0 Å². The van der Waals surface area contributed by atoms with Crippen molar-refractivity contribution in [3.63, 3.8) is 0 Å². The molecule has 4 rings (SSSR count). The highest BCUT2D eigenvalue weighted by molar-refractivity contribution is 7.98. The number of ether oxygens (including phenoxy) is 3. The van der Waals surface area contributed by atoms with Gasteiger partial charge in [-0.05, 0) is 137 Å². The lowest BCUT2D eigenvalue weighted by molar-refractivity contribution is -0.174. The zero-order valence-corrected chi connectivity index (χ0v) is 39.5. The maximum atomic E-state index is 14.7. The van der Waals surface area contributed by atoms with Gasteiger partial charge in [0.2, 0.25) is 11.8 Å². The molecule has 0 radical (unpaired) electrons. The number of nitrogens with one attached hydrogen (secondary N) is 2. The number of hydrogen-bond acceptors (Lipinski definition) is 14. The molecule has 0 unspecified atom stereocenters. The van der Waals surface area contributed by atoms with Crippen LogP contribution in [0.4, 0.5) is 0 Å². The minimum atomic E-state index is -4.47. The molecule has 62 heavy (non-hydrogen) atoms. The van der Waals surface area contributed by atoms with Crippen LogP contribution < -0.4 is 29.9 Å². The number of nitrogens with zero attached hydrogens (tertiary/aromatic N) is 1. The Kier molecular flexibility index (Phi) is 18.9. The maximum Gasteiger partial charge on any atom is 0.426 e. The second kappa shape index (κ2) is 23.3. The summed E-state index contributed by atoms with van der Waals surface area (Å²) in [6.07, 6.45) is 6.09. The lowest BCUT2D eigenvalue weighted by Crippen LogP contribution is -2.61. The van der Waals surface area contributed by atoms with Crippen LogP contribution in [-0.4, -0.2) is 84.3 Å². The van der Waals surface area contributed by atoms with Crippen molar-refractivity contribution in [3.8, 4) is 23.0 Å². The van der Waals surface area contributed by atoms with Gasteiger partial charge in [-0.25, -0.2) is 4.79 Å². The lowest BCUT2D eigenvalue weighted by Gasteiger charge is -2.40. The highest BCUT2D eigenvalue weighted by Crippen LogP contribution is 2.54. The predicted molar refractivity (Wildman–Crippen MR) is 238 cm³/mol. The molecule has 1 aliphatic heterocycles. The summed E-state index contributed by atoms with van der Waals surface area (Å²) in [6, 6.07) is 18.2. The van der Waals surface area contributed by atoms with Gasteiger partial charge in [0.1, 0.15) is 35.0 Å². The van der Waals surface area contributed by atoms with E-state index in [2.05, 4.69) is 10.6 Å². The maximum absolute atomic E-state index is 14.7. The lowest BCUT2D eigenvalue weighted by atomic mass is 9.84. The number of benzene rings is 3. The van der Waals surface area contributed by atoms with Gasteiger partial charge in [-0.2, -0.15) is 0 Å². The van der Waals surface area contributed by atoms with Gasteiger partial charge in [-0.3, -0.25) is 18.9 Å². The van der Waals surface area contributed by atoms with Gasteiger partial charge in [-0.1, -0.05) is 43.5 Å². The molecule has 3 atom stereocenters. The van der Waals surface area contributed by atoms with E-state index in [1.165, 1.54) is 4.90 Å². The molecule has 2 N–H and O–H groups in total. The quantitative estimate of drug-likeness (QED) is 0.0341. The van der Waals surface area contributed by atoms with Gasteiger partial charge in [0.15, 0.2) is 24.7 Å². The summed E-state index contributed by atoms with van der Waals surface area (Å²) in [5.74, 6) is -2.04. The highest BCUT2D eigenvalue weighted by Gasteiger charge is 2.45. The Morgan fingerprint density at radius 2 is 1.24 bits per heavy atom. The van der Waals surface area contributed by atoms with E-state index in [9.17, 15) is 23.7 Å². The number of esters is 1. The third-order valence-corrected chi connectivity index (χ3v) is 12.5. The molecular formula is C44H60N3O12PS2. The van der Waals surface area contributed by atoms with E-state index in [1.54, 1.807) is 92.8 Å². The van der Waals surface area contributed by atoms with Crippen LogP contribution in [0.2, 0.25) is 0 Å². The molecule has 1 fully saturated rings. The van der Waals surface area contributed by atoms with E-state index in [0.29, 0.717) is 37.2 Å². The monoisotopic (exact) mass is 917 g/mol. The van der Waals surface area contributed by atoms with Gasteiger partial charge in [0, 0.05) is 16.3 Å². The van der Waals surface area contributed by atoms with E-state index >= 15 is 0 Å². The Labute approximate surface area is 373 Å². The van der Waals surface area contributed by atoms with Crippen LogP contribution in [-0.2, 0) is 37.8 Å². The molecule has 0 spiro atoms. The summed E-state index contributed by atoms with van der Waals surface area (Å²) < 4.78 is 42.3. The Morgan fingerprint density at radius 3 is 1.71 bits per heavy atom. The predicted octanol–water partition coefficient (Wildman–Crippen LogP) is 8.60. The molecule has 1 aliphatic rings. The average Bonchev–Trinajstić information content (AvgIpc) is 3.24. The van der Waals surface area contributed by atoms with E-state index in [0.717, 1.165) is 9.79 Å². The normalized spacial score (nSPS) is 15.4. The third-order valence-electron chi connectivity index (χ3n) is 9.32. The van der Waals surface area contributed by atoms with Crippen molar-refractivity contribution in [2.75, 3.05) is 32.3 Å². The molecule has 1 heterocycles. The molecule has 0 saturated carbocycles. The largest absolute Gasteiger partial charge is 0.484 e. The van der Waals surface area contributed by atoms with Crippen LogP contribution in [0.1, 0.15) is 80.6 Å². The van der Waals surface area contributed by atoms with Crippen molar-refractivity contribution in [2.24, 2.45) is 5.41 Å². The van der Waals surface area contributed by atoms with Crippen molar-refractivity contribution >= 4 is 54.8 Å². The van der Waals surface area contributed by atoms with E-state index in [-0.39, 0.29) is 31.1 Å². The second-order valence-electron chi connectivity index (χ2n) is 16.6. The summed E-state index contributed by atoms with van der Waals surface area (Å²) in [6.45, 7) is 12.2. The fourth-order valence-corrected chi connectivity index (χ4v) is 8.48. The first-order chi connectivity index (χ1) is 29.3. The van der Waals surface area contributed by atoms with Gasteiger partial charge < -0.3 is 39.5 Å². The first kappa shape index (κ1) is 50.2. The fraction of sp³-hybridized carbons (Fsp3) is 0.500. The number of hydrogen-bond donors (Lipinski definition) is 2. The molecule has 3 aromatic carbocycles. The van der Waals surface area contributed by atoms with Crippen LogP contribution in [0.3, 0.4) is 0 Å². The fourth-order valence-electron chi connectivity index (χ4n) is 6.19. The number of rotatable bonds is 21. The molecule has 18 heteroatoms. The number of amides is 3. The van der Waals surface area contributed by atoms with E-state index in [4.69, 9.17) is 33.3 Å². The molecule has 0 aromatic heterocycles. The molecule has 0 bridgehead atoms. The summed E-state index contributed by atoms with van der Waals surface area (Å²) in [5.41, 5.74) is -1.40. The highest BCUT2D eigenvalue weighted by atomic mass is 32.2. The number of carbonyl (C=O) groups is 4. The first-order valence-electron chi connectivity index (χ1n) is 20.4. The molecule has 3 aromatic rings. The molecular weight excluding hydrogens is 858 g/mol. The van der Waals surface area contributed by atoms with E-state index in [1.807, 2.05) is 64.5 Å². The van der Waals surface area contributed by atoms with Crippen molar-refractivity contribution in [1.82, 2.24) is 15.5 Å². The summed E-state index contributed by atoms with van der Waals surface area (Å²) in [5, 5.41) is 5.68. The molecule has 3 amide bonds. The SMILES string of the molecule is CCC[C@H](NC(=O)[C@@H]1CCCCN1C(=O)[C@@H](NC(=O)COc1ccc(OCC(=O)OC(C)(C)C)cc1)C(C)(C)C)P(=O)(OOc1ccc(SC)cc1)OOc1ccc(SC)cc1. The zero-order chi connectivity index (χ0) is 45.5. The smallest absolute Gasteiger partial charge is 0.426 e. The summed E-state index contributed by atoms with van der Waals surface area (Å²) in [7, 11) is -4.47. The van der Waals surface area contributed by atoms with Crippen LogP contribution >= 0.6 is 31.1 Å². The zero-order valence-electron chi connectivity index (χ0n) is 36.9. The van der Waals surface area contributed by atoms with Crippen molar-refractivity contribution in [3.05, 3.63) is 72.8 Å². The van der Waals surface area contributed by atoms with Crippen molar-refractivity contribution < 1.29 is 57.1 Å². The minimum absolute atomic E-state index is 0.149. The molecule has 340 valence electrons. The third kappa shape index (κ3) is 15.7. The van der Waals surface area contributed by atoms with Crippen molar-refractivity contribution in [1.29, 1.82) is 0 Å². The Balaban J connectivity index is 1.46. The topological polar surface area (TPSA) is 177 Å². The Bertz CT molecular complexity index is 1920. The number of thioether (sulfide) groups is 2. The second-order valence-corrected chi connectivity index (χ2v) is 20.3. The number of likely N-dealkylation sites (tertiary alicyclic amines) is 1. The first-order valence-corrected chi connectivity index (χ1v) is 24.5. The molecule has 15 nitrogen and oxygen atoms in total. The summed E-state index contributed by atoms with van der Waals surface area (Å²) in [4.78, 5) is 68.5. The van der Waals surface area contributed by atoms with Gasteiger partial charge in [-0.15, -0.1) is 23.5 Å². The molecule has 1 saturated heterocycles. The number of carbonyl (C=O) groups excluding carboxylic acids is 4. The van der Waals surface area contributed by atoms with Gasteiger partial charge in [0.25, 0.3) is 5.91 Å². The Morgan fingerprint density at radius 1 is 0.742 bits per heavy atom. The van der Waals surface area contributed by atoms with Crippen LogP contribution in [0, 0.1) is 5.41 Å². The van der Waals surface area contributed by atoms with Gasteiger partial charge in [0.05, 0.1) is 0 Å². The van der Waals surface area contributed by atoms with E-state index < -0.39 is 66.8 Å². The van der Waals surface area contributed by atoms with Gasteiger partial charge >= 0.3 is 13.6 Å². The van der Waals surface area contributed by atoms with Crippen molar-refractivity contribution in [2.45, 2.75) is 114 Å². The summed E-state index contributed by atoms with van der Waals surface area (Å²) >= 11 is 3.08. The average molecular weight is 918 g/mol. The minimum Gasteiger partial charge on any atom is -0.484 e. The van der Waals surface area contributed by atoms with Crippen LogP contribution in [0.15, 0.2) is 82.6 Å². The Hall–Kier alpha value is -4.41. The molecule has 0 aliphatic carbocycles. The number of piperidine rings is 1. The standard InChI is InChI=1S/C44H60N3O12PS2/c1-10-13-38(60(52,58-56-32-19-23-34(61-8)24-20-32)59-57-33-21-25-35(62-9)26-22-33)46-41(50)36-14-11-12-27-47(36)42(51)40(43(2,3)4)45-37(48)28-53-30-15-17-31(18-16-30)54-29-39(49)55-44(5,6)7/h15-26,36,38,40H,10-14,27-29H2,1-9H3,(H,45,48)(H,46,50)/t36-,38+,40+/m0/s1.